The molecule has 0 aliphatic carbocycles. The first-order chi connectivity index (χ1) is 22.7. The summed E-state index contributed by atoms with van der Waals surface area (Å²) < 4.78 is 12.6. The first kappa shape index (κ1) is 26.1. The molecule has 9 rings (SSSR count). The molecular formula is C43H25NO2. The smallest absolute Gasteiger partial charge is 0.136 e. The number of hydrogen-bond acceptors (Lipinski definition) is 3. The minimum atomic E-state index is 0.620. The Bertz CT molecular complexity index is 2520. The fraction of sp³-hybridized carbons (Fsp3) is 0. The van der Waals surface area contributed by atoms with Crippen molar-refractivity contribution in [1.29, 1.82) is 5.26 Å². The number of benzene rings is 7. The van der Waals surface area contributed by atoms with Crippen LogP contribution in [0.5, 0.6) is 0 Å². The van der Waals surface area contributed by atoms with E-state index in [1.54, 1.807) is 0 Å². The van der Waals surface area contributed by atoms with E-state index < -0.39 is 0 Å². The molecule has 7 aromatic carbocycles. The van der Waals surface area contributed by atoms with Gasteiger partial charge in [-0.05, 0) is 105 Å². The lowest BCUT2D eigenvalue weighted by Crippen LogP contribution is -1.89. The summed E-state index contributed by atoms with van der Waals surface area (Å²) in [5, 5.41) is 14.4. The van der Waals surface area contributed by atoms with Crippen molar-refractivity contribution in [2.45, 2.75) is 0 Å². The third-order valence-electron chi connectivity index (χ3n) is 8.86. The highest BCUT2D eigenvalue weighted by Crippen LogP contribution is 2.43. The van der Waals surface area contributed by atoms with Gasteiger partial charge in [-0.15, -0.1) is 0 Å². The molecule has 0 saturated carbocycles. The van der Waals surface area contributed by atoms with Gasteiger partial charge in [0.2, 0.25) is 0 Å². The van der Waals surface area contributed by atoms with E-state index in [1.165, 1.54) is 0 Å². The first-order valence-corrected chi connectivity index (χ1v) is 15.3. The molecule has 0 aliphatic rings. The van der Waals surface area contributed by atoms with Crippen molar-refractivity contribution < 1.29 is 8.83 Å². The predicted octanol–water partition coefficient (Wildman–Crippen LogP) is 12.0. The van der Waals surface area contributed by atoms with Crippen LogP contribution >= 0.6 is 0 Å². The highest BCUT2D eigenvalue weighted by atomic mass is 16.3. The van der Waals surface area contributed by atoms with Gasteiger partial charge in [-0.3, -0.25) is 0 Å². The number of hydrogen-bond donors (Lipinski definition) is 0. The summed E-state index contributed by atoms with van der Waals surface area (Å²) >= 11 is 0. The van der Waals surface area contributed by atoms with E-state index in [1.807, 2.05) is 66.7 Å². The van der Waals surface area contributed by atoms with Crippen LogP contribution in [0.3, 0.4) is 0 Å². The van der Waals surface area contributed by atoms with Crippen molar-refractivity contribution in [3.8, 4) is 50.6 Å². The van der Waals surface area contributed by atoms with Crippen molar-refractivity contribution >= 4 is 43.9 Å². The number of rotatable bonds is 4. The molecule has 0 atom stereocenters. The maximum atomic E-state index is 10.1. The summed E-state index contributed by atoms with van der Waals surface area (Å²) in [6.45, 7) is 0. The molecule has 0 N–H and O–H groups in total. The molecule has 2 aromatic heterocycles. The molecule has 0 unspecified atom stereocenters. The van der Waals surface area contributed by atoms with Gasteiger partial charge >= 0.3 is 0 Å². The van der Waals surface area contributed by atoms with Crippen LogP contribution in [0.2, 0.25) is 0 Å². The molecule has 214 valence electrons. The summed E-state index contributed by atoms with van der Waals surface area (Å²) in [5.41, 5.74) is 12.5. The molecule has 0 spiro atoms. The Labute approximate surface area is 265 Å². The van der Waals surface area contributed by atoms with Gasteiger partial charge in [0.05, 0.1) is 11.6 Å². The molecule has 9 aromatic rings. The van der Waals surface area contributed by atoms with Crippen LogP contribution in [-0.4, -0.2) is 0 Å². The van der Waals surface area contributed by atoms with E-state index in [0.29, 0.717) is 5.56 Å². The summed E-state index contributed by atoms with van der Waals surface area (Å²) in [4.78, 5) is 0. The first-order valence-electron chi connectivity index (χ1n) is 15.3. The van der Waals surface area contributed by atoms with Crippen LogP contribution in [0.25, 0.3) is 88.4 Å². The van der Waals surface area contributed by atoms with Crippen LogP contribution in [0.4, 0.5) is 0 Å². The van der Waals surface area contributed by atoms with Crippen molar-refractivity contribution in [1.82, 2.24) is 0 Å². The summed E-state index contributed by atoms with van der Waals surface area (Å²) in [5.74, 6) is 0. The molecule has 0 amide bonds. The Morgan fingerprint density at radius 2 is 0.804 bits per heavy atom. The van der Waals surface area contributed by atoms with Crippen molar-refractivity contribution in [3.05, 3.63) is 157 Å². The highest BCUT2D eigenvalue weighted by molar-refractivity contribution is 6.14. The Hall–Kier alpha value is -6.37. The quantitative estimate of drug-likeness (QED) is 0.206. The Balaban J connectivity index is 1.35. The molecule has 46 heavy (non-hydrogen) atoms. The number of para-hydroxylation sites is 2. The lowest BCUT2D eigenvalue weighted by Gasteiger charge is -2.14. The molecule has 0 fully saturated rings. The minimum absolute atomic E-state index is 0.620. The van der Waals surface area contributed by atoms with Gasteiger partial charge in [-0.25, -0.2) is 0 Å². The SMILES string of the molecule is N#Cc1cc(-c2ccccc2)cc(-c2cc(-c3cccc4oc5ccccc5c34)cc(-c3cccc4oc5ccccc5c34)c2)c1. The second kappa shape index (κ2) is 10.4. The second-order valence-corrected chi connectivity index (χ2v) is 11.6. The number of nitriles is 1. The molecular weight excluding hydrogens is 562 g/mol. The molecule has 3 nitrogen and oxygen atoms in total. The lowest BCUT2D eigenvalue weighted by molar-refractivity contribution is 0.668. The van der Waals surface area contributed by atoms with E-state index in [2.05, 4.69) is 91.0 Å². The monoisotopic (exact) mass is 587 g/mol. The van der Waals surface area contributed by atoms with E-state index in [0.717, 1.165) is 88.4 Å². The van der Waals surface area contributed by atoms with Gasteiger partial charge in [-0.1, -0.05) is 91.0 Å². The number of fused-ring (bicyclic) bond motifs is 6. The van der Waals surface area contributed by atoms with E-state index in [9.17, 15) is 5.26 Å². The molecule has 0 saturated heterocycles. The van der Waals surface area contributed by atoms with E-state index in [-0.39, 0.29) is 0 Å². The zero-order valence-electron chi connectivity index (χ0n) is 24.7. The molecule has 0 aliphatic heterocycles. The largest absolute Gasteiger partial charge is 0.456 e. The molecule has 3 heteroatoms. The minimum Gasteiger partial charge on any atom is -0.456 e. The van der Waals surface area contributed by atoms with Gasteiger partial charge in [0, 0.05) is 21.5 Å². The Morgan fingerprint density at radius 3 is 1.37 bits per heavy atom. The number of furan rings is 2. The van der Waals surface area contributed by atoms with Crippen molar-refractivity contribution in [2.24, 2.45) is 0 Å². The van der Waals surface area contributed by atoms with E-state index >= 15 is 0 Å². The molecule has 2 heterocycles. The van der Waals surface area contributed by atoms with Gasteiger partial charge < -0.3 is 8.83 Å². The summed E-state index contributed by atoms with van der Waals surface area (Å²) in [6.07, 6.45) is 0. The summed E-state index contributed by atoms with van der Waals surface area (Å²) in [7, 11) is 0. The third kappa shape index (κ3) is 4.20. The van der Waals surface area contributed by atoms with Gasteiger partial charge in [0.1, 0.15) is 22.3 Å². The molecule has 0 bridgehead atoms. The zero-order valence-corrected chi connectivity index (χ0v) is 24.7. The van der Waals surface area contributed by atoms with Crippen LogP contribution < -0.4 is 0 Å². The van der Waals surface area contributed by atoms with Crippen molar-refractivity contribution in [2.75, 3.05) is 0 Å². The maximum absolute atomic E-state index is 10.1. The fourth-order valence-electron chi connectivity index (χ4n) is 6.79. The highest BCUT2D eigenvalue weighted by Gasteiger charge is 2.18. The second-order valence-electron chi connectivity index (χ2n) is 11.6. The van der Waals surface area contributed by atoms with Crippen LogP contribution in [0, 0.1) is 11.3 Å². The topological polar surface area (TPSA) is 50.1 Å². The van der Waals surface area contributed by atoms with E-state index in [4.69, 9.17) is 8.83 Å². The summed E-state index contributed by atoms with van der Waals surface area (Å²) in [6, 6.07) is 54.4. The van der Waals surface area contributed by atoms with Gasteiger partial charge in [0.15, 0.2) is 0 Å². The normalized spacial score (nSPS) is 11.5. The lowest BCUT2D eigenvalue weighted by atomic mass is 9.89. The van der Waals surface area contributed by atoms with Crippen LogP contribution in [-0.2, 0) is 0 Å². The third-order valence-corrected chi connectivity index (χ3v) is 8.86. The van der Waals surface area contributed by atoms with Crippen molar-refractivity contribution in [3.63, 3.8) is 0 Å². The average molecular weight is 588 g/mol. The van der Waals surface area contributed by atoms with Crippen LogP contribution in [0.15, 0.2) is 160 Å². The molecule has 0 radical (unpaired) electrons. The standard InChI is InChI=1S/C43H25NO2/c44-26-27-20-29(28-10-2-1-3-11-28)22-30(21-27)31-23-32(34-14-8-18-40-42(34)36-12-4-6-16-38(36)45-40)25-33(24-31)35-15-9-19-41-43(35)37-13-5-7-17-39(37)46-41/h1-25H. The average Bonchev–Trinajstić information content (AvgIpc) is 3.70. The zero-order chi connectivity index (χ0) is 30.6. The number of nitrogens with zero attached hydrogens (tertiary/aromatic N) is 1. The van der Waals surface area contributed by atoms with Gasteiger partial charge in [0.25, 0.3) is 0 Å². The Kier molecular flexibility index (Phi) is 5.88. The predicted molar refractivity (Wildman–Crippen MR) is 187 cm³/mol. The fourth-order valence-corrected chi connectivity index (χ4v) is 6.79. The van der Waals surface area contributed by atoms with Gasteiger partial charge in [-0.2, -0.15) is 5.26 Å². The maximum Gasteiger partial charge on any atom is 0.136 e. The Morgan fingerprint density at radius 1 is 0.370 bits per heavy atom. The van der Waals surface area contributed by atoms with Crippen LogP contribution in [0.1, 0.15) is 5.56 Å².